The second kappa shape index (κ2) is 20.8. The van der Waals surface area contributed by atoms with Gasteiger partial charge in [0.1, 0.15) is 36.2 Å². The third kappa shape index (κ3) is 12.2. The quantitative estimate of drug-likeness (QED) is 0.0790. The molecule has 2 aromatic carbocycles. The summed E-state index contributed by atoms with van der Waals surface area (Å²) >= 11 is 0. The van der Waals surface area contributed by atoms with E-state index in [4.69, 9.17) is 11.5 Å². The van der Waals surface area contributed by atoms with Crippen molar-refractivity contribution in [2.24, 2.45) is 17.4 Å². The number of amides is 5. The summed E-state index contributed by atoms with van der Waals surface area (Å²) in [5.41, 5.74) is 14.1. The van der Waals surface area contributed by atoms with E-state index >= 15 is 0 Å². The molecule has 6 atom stereocenters. The molecule has 5 amide bonds. The van der Waals surface area contributed by atoms with Crippen LogP contribution in [0.25, 0.3) is 10.9 Å². The van der Waals surface area contributed by atoms with Crippen molar-refractivity contribution in [1.29, 1.82) is 0 Å². The number of aromatic hydroxyl groups is 1. The molecule has 1 fully saturated rings. The van der Waals surface area contributed by atoms with Gasteiger partial charge in [0.25, 0.3) is 0 Å². The van der Waals surface area contributed by atoms with E-state index in [1.165, 1.54) is 33.7 Å². The molecule has 1 saturated heterocycles. The van der Waals surface area contributed by atoms with Gasteiger partial charge in [0.2, 0.25) is 29.5 Å². The van der Waals surface area contributed by atoms with Gasteiger partial charge in [-0.3, -0.25) is 24.0 Å². The number of nitrogens with one attached hydrogen (secondary N) is 6. The van der Waals surface area contributed by atoms with Crippen LogP contribution in [0.1, 0.15) is 44.2 Å². The molecule has 2 heterocycles. The summed E-state index contributed by atoms with van der Waals surface area (Å²) in [6.07, 6.45) is 3.62. The van der Waals surface area contributed by atoms with E-state index in [1.54, 1.807) is 32.2 Å². The Balaban J connectivity index is 1.72. The molecule has 3 aromatic rings. The van der Waals surface area contributed by atoms with Crippen LogP contribution < -0.4 is 38.1 Å². The second-order valence-corrected chi connectivity index (χ2v) is 16.1. The van der Waals surface area contributed by atoms with E-state index < -0.39 is 65.8 Å². The largest absolute Gasteiger partial charge is 0.508 e. The SMILES string of the molecule is CC(C)[C@@H]1NC(=O)[C@H](CCCCN)NC(=O)[C@@H](Cc2c[nH]c3ccccc23)NC(=O)[C@H](Cc2ccc(O)cc2)NC(=O)[C@@H](N)CSSC[C@@H](C=O)NC1=O. The first-order valence-electron chi connectivity index (χ1n) is 17.9. The van der Waals surface area contributed by atoms with Gasteiger partial charge in [-0.15, -0.1) is 0 Å². The van der Waals surface area contributed by atoms with Crippen LogP contribution in [0.2, 0.25) is 0 Å². The van der Waals surface area contributed by atoms with Crippen LogP contribution in [-0.2, 0) is 41.6 Å². The van der Waals surface area contributed by atoms with Gasteiger partial charge in [0.05, 0.1) is 12.1 Å². The van der Waals surface area contributed by atoms with Crippen molar-refractivity contribution in [3.8, 4) is 5.75 Å². The Hall–Kier alpha value is -4.58. The normalized spacial score (nSPS) is 24.2. The lowest BCUT2D eigenvalue weighted by atomic mass is 10.00. The van der Waals surface area contributed by atoms with Gasteiger partial charge in [-0.2, -0.15) is 0 Å². The maximum atomic E-state index is 14.3. The molecule has 1 aliphatic rings. The molecular weight excluding hydrogens is 733 g/mol. The lowest BCUT2D eigenvalue weighted by Gasteiger charge is -2.28. The van der Waals surface area contributed by atoms with Crippen molar-refractivity contribution in [2.45, 2.75) is 82.2 Å². The van der Waals surface area contributed by atoms with E-state index in [0.29, 0.717) is 31.2 Å². The topological polar surface area (TPSA) is 251 Å². The fourth-order valence-electron chi connectivity index (χ4n) is 5.89. The lowest BCUT2D eigenvalue weighted by molar-refractivity contribution is -0.135. The second-order valence-electron chi connectivity index (χ2n) is 13.6. The summed E-state index contributed by atoms with van der Waals surface area (Å²) in [5.74, 6) is -3.21. The van der Waals surface area contributed by atoms with Crippen LogP contribution in [0.15, 0.2) is 54.7 Å². The van der Waals surface area contributed by atoms with Gasteiger partial charge in [0.15, 0.2) is 0 Å². The van der Waals surface area contributed by atoms with E-state index in [1.807, 2.05) is 24.3 Å². The van der Waals surface area contributed by atoms with Crippen molar-refractivity contribution in [3.05, 3.63) is 65.9 Å². The number of aldehydes is 1. The number of fused-ring (bicyclic) bond motifs is 1. The highest BCUT2D eigenvalue weighted by atomic mass is 33.1. The molecule has 11 N–H and O–H groups in total. The van der Waals surface area contributed by atoms with Crippen molar-refractivity contribution in [1.82, 2.24) is 31.6 Å². The van der Waals surface area contributed by atoms with E-state index in [2.05, 4.69) is 31.6 Å². The van der Waals surface area contributed by atoms with Crippen LogP contribution in [0.5, 0.6) is 5.75 Å². The molecule has 0 spiro atoms. The average Bonchev–Trinajstić information content (AvgIpc) is 3.56. The number of phenolic OH excluding ortho intramolecular Hbond substituents is 1. The minimum absolute atomic E-state index is 0.00924. The third-order valence-corrected chi connectivity index (χ3v) is 11.4. The number of aromatic amines is 1. The minimum atomic E-state index is -1.22. The lowest BCUT2D eigenvalue weighted by Crippen LogP contribution is -2.60. The molecule has 54 heavy (non-hydrogen) atoms. The molecule has 17 heteroatoms. The van der Waals surface area contributed by atoms with E-state index in [0.717, 1.165) is 16.5 Å². The number of hydrogen-bond donors (Lipinski definition) is 9. The number of nitrogens with two attached hydrogens (primary N) is 2. The summed E-state index contributed by atoms with van der Waals surface area (Å²) in [7, 11) is 2.45. The number of para-hydroxylation sites is 1. The summed E-state index contributed by atoms with van der Waals surface area (Å²) in [6, 6.07) is 7.16. The fourth-order valence-corrected chi connectivity index (χ4v) is 8.14. The Kier molecular flexibility index (Phi) is 16.2. The summed E-state index contributed by atoms with van der Waals surface area (Å²) in [5, 5.41) is 24.5. The fraction of sp³-hybridized carbons (Fsp3) is 0.459. The molecule has 0 saturated carbocycles. The number of H-pyrrole nitrogens is 1. The number of aromatic nitrogens is 1. The third-order valence-electron chi connectivity index (χ3n) is 8.98. The van der Waals surface area contributed by atoms with Crippen LogP contribution in [0.4, 0.5) is 0 Å². The van der Waals surface area contributed by atoms with Crippen molar-refractivity contribution in [3.63, 3.8) is 0 Å². The highest BCUT2D eigenvalue weighted by molar-refractivity contribution is 8.76. The Bertz CT molecular complexity index is 1760. The average molecular weight is 783 g/mol. The molecule has 0 radical (unpaired) electrons. The van der Waals surface area contributed by atoms with Crippen molar-refractivity contribution in [2.75, 3.05) is 18.1 Å². The molecule has 15 nitrogen and oxygen atoms in total. The number of carbonyl (C=O) groups excluding carboxylic acids is 6. The molecular formula is C37H50N8O7S2. The maximum absolute atomic E-state index is 14.3. The molecule has 0 bridgehead atoms. The van der Waals surface area contributed by atoms with Crippen molar-refractivity contribution < 1.29 is 33.9 Å². The van der Waals surface area contributed by atoms with Gasteiger partial charge in [-0.1, -0.05) is 65.8 Å². The smallest absolute Gasteiger partial charge is 0.243 e. The van der Waals surface area contributed by atoms with Crippen LogP contribution in [0.3, 0.4) is 0 Å². The van der Waals surface area contributed by atoms with Gasteiger partial charge < -0.3 is 52.9 Å². The number of phenols is 1. The summed E-state index contributed by atoms with van der Waals surface area (Å²) < 4.78 is 0. The maximum Gasteiger partial charge on any atom is 0.243 e. The Morgan fingerprint density at radius 1 is 0.778 bits per heavy atom. The number of carbonyl (C=O) groups is 6. The van der Waals surface area contributed by atoms with Gasteiger partial charge in [-0.05, 0) is 61.1 Å². The molecule has 0 unspecified atom stereocenters. The zero-order valence-corrected chi connectivity index (χ0v) is 32.0. The first-order chi connectivity index (χ1) is 25.9. The Labute approximate surface area is 322 Å². The number of hydrogen-bond acceptors (Lipinski definition) is 11. The van der Waals surface area contributed by atoms with Gasteiger partial charge in [0, 0.05) is 41.4 Å². The van der Waals surface area contributed by atoms with Crippen LogP contribution >= 0.6 is 21.6 Å². The van der Waals surface area contributed by atoms with E-state index in [-0.39, 0.29) is 42.4 Å². The number of rotatable bonds is 10. The molecule has 1 aromatic heterocycles. The molecule has 0 aliphatic carbocycles. The number of benzene rings is 2. The minimum Gasteiger partial charge on any atom is -0.508 e. The number of unbranched alkanes of at least 4 members (excludes halogenated alkanes) is 1. The highest BCUT2D eigenvalue weighted by Crippen LogP contribution is 2.23. The van der Waals surface area contributed by atoms with E-state index in [9.17, 15) is 33.9 Å². The summed E-state index contributed by atoms with van der Waals surface area (Å²) in [4.78, 5) is 84.2. The molecule has 1 aliphatic heterocycles. The van der Waals surface area contributed by atoms with Crippen LogP contribution in [-0.4, -0.2) is 100 Å². The zero-order chi connectivity index (χ0) is 39.2. The van der Waals surface area contributed by atoms with Crippen LogP contribution in [0, 0.1) is 5.92 Å². The van der Waals surface area contributed by atoms with Gasteiger partial charge >= 0.3 is 0 Å². The predicted molar refractivity (Wildman–Crippen MR) is 210 cm³/mol. The molecule has 292 valence electrons. The first-order valence-corrected chi connectivity index (χ1v) is 20.4. The van der Waals surface area contributed by atoms with Crippen molar-refractivity contribution >= 4 is 68.3 Å². The highest BCUT2D eigenvalue weighted by Gasteiger charge is 2.34. The predicted octanol–water partition coefficient (Wildman–Crippen LogP) is 0.789. The standard InChI is InChI=1S/C37H50N8O7S2/c1-21(2)32-37(52)41-24(18-46)19-53-54-20-27(39)33(48)43-30(15-22-10-12-25(47)13-11-22)35(50)44-31(16-23-17-40-28-8-4-3-7-26(23)28)36(51)42-29(34(49)45-32)9-5-6-14-38/h3-4,7-8,10-13,17-18,21,24,27,29-32,40,47H,5-6,9,14-16,19-20,38-39H2,1-2H3,(H,41,52)(H,42,51)(H,43,48)(H,44,50)(H,45,49)/t24-,27+,29+,30+,31-,32+/m1/s1. The van der Waals surface area contributed by atoms with Gasteiger partial charge in [-0.25, -0.2) is 0 Å². The Morgan fingerprint density at radius 3 is 2.09 bits per heavy atom. The Morgan fingerprint density at radius 2 is 1.41 bits per heavy atom. The first kappa shape index (κ1) is 42.2. The zero-order valence-electron chi connectivity index (χ0n) is 30.3. The summed E-state index contributed by atoms with van der Waals surface area (Å²) in [6.45, 7) is 3.86. The monoisotopic (exact) mass is 782 g/mol. The molecule has 4 rings (SSSR count).